The lowest BCUT2D eigenvalue weighted by Crippen LogP contribution is -2.11. The first-order valence-electron chi connectivity index (χ1n) is 6.58. The van der Waals surface area contributed by atoms with E-state index in [0.29, 0.717) is 11.8 Å². The van der Waals surface area contributed by atoms with Crippen molar-refractivity contribution in [2.24, 2.45) is 0 Å². The second kappa shape index (κ2) is 4.76. The first kappa shape index (κ1) is 14.4. The van der Waals surface area contributed by atoms with Gasteiger partial charge in [0.2, 0.25) is 0 Å². The Morgan fingerprint density at radius 1 is 1.00 bits per heavy atom. The average molecular weight is 307 g/mol. The van der Waals surface area contributed by atoms with E-state index in [-0.39, 0.29) is 11.0 Å². The Balaban J connectivity index is 2.30. The maximum Gasteiger partial charge on any atom is 0.417 e. The molecule has 3 nitrogen and oxygen atoms in total. The van der Waals surface area contributed by atoms with Crippen molar-refractivity contribution in [3.8, 4) is 5.69 Å². The monoisotopic (exact) mass is 307 g/mol. The number of nitrogens with zero attached hydrogens (tertiary/aromatic N) is 1. The summed E-state index contributed by atoms with van der Waals surface area (Å²) in [7, 11) is 0. The summed E-state index contributed by atoms with van der Waals surface area (Å²) in [5, 5.41) is -0.127. The number of benzene rings is 1. The Bertz CT molecular complexity index is 900. The molecular formula is C16H12F3NO2. The van der Waals surface area contributed by atoms with Crippen molar-refractivity contribution in [2.45, 2.75) is 20.0 Å². The molecule has 0 bridgehead atoms. The maximum atomic E-state index is 13.0. The Hall–Kier alpha value is -2.50. The SMILES string of the molecule is Cc1ccc(C)n1-c1ccc2c(C(F)(F)F)cc(=O)oc2c1. The van der Waals surface area contributed by atoms with Crippen LogP contribution in [-0.4, -0.2) is 4.57 Å². The number of halogens is 3. The third kappa shape index (κ3) is 2.30. The van der Waals surface area contributed by atoms with E-state index in [1.54, 1.807) is 6.07 Å². The smallest absolute Gasteiger partial charge is 0.417 e. The minimum atomic E-state index is -4.60. The summed E-state index contributed by atoms with van der Waals surface area (Å²) >= 11 is 0. The highest BCUT2D eigenvalue weighted by atomic mass is 19.4. The van der Waals surface area contributed by atoms with E-state index >= 15 is 0 Å². The number of hydrogen-bond acceptors (Lipinski definition) is 2. The quantitative estimate of drug-likeness (QED) is 0.631. The van der Waals surface area contributed by atoms with Crippen LogP contribution in [0.5, 0.6) is 0 Å². The molecule has 0 saturated carbocycles. The number of rotatable bonds is 1. The van der Waals surface area contributed by atoms with Gasteiger partial charge in [0.25, 0.3) is 0 Å². The van der Waals surface area contributed by atoms with Gasteiger partial charge in [0.1, 0.15) is 5.58 Å². The lowest BCUT2D eigenvalue weighted by molar-refractivity contribution is -0.136. The van der Waals surface area contributed by atoms with Gasteiger partial charge in [-0.15, -0.1) is 0 Å². The van der Waals surface area contributed by atoms with Crippen molar-refractivity contribution >= 4 is 11.0 Å². The Kier molecular flexibility index (Phi) is 3.12. The van der Waals surface area contributed by atoms with Crippen LogP contribution in [0.15, 0.2) is 45.6 Å². The Morgan fingerprint density at radius 3 is 2.23 bits per heavy atom. The second-order valence-corrected chi connectivity index (χ2v) is 5.11. The molecule has 0 aliphatic rings. The minimum absolute atomic E-state index is 0.0789. The molecule has 6 heteroatoms. The summed E-state index contributed by atoms with van der Waals surface area (Å²) in [6.45, 7) is 3.78. The van der Waals surface area contributed by atoms with Crippen LogP contribution in [0.3, 0.4) is 0 Å². The van der Waals surface area contributed by atoms with Crippen molar-refractivity contribution in [1.82, 2.24) is 4.57 Å². The number of aryl methyl sites for hydroxylation is 2. The van der Waals surface area contributed by atoms with E-state index in [1.807, 2.05) is 30.5 Å². The fourth-order valence-electron chi connectivity index (χ4n) is 2.60. The maximum absolute atomic E-state index is 13.0. The van der Waals surface area contributed by atoms with Crippen LogP contribution in [0, 0.1) is 13.8 Å². The Morgan fingerprint density at radius 2 is 1.64 bits per heavy atom. The Labute approximate surface area is 123 Å². The van der Waals surface area contributed by atoms with E-state index in [9.17, 15) is 18.0 Å². The van der Waals surface area contributed by atoms with Crippen molar-refractivity contribution in [3.05, 3.63) is 63.8 Å². The van der Waals surface area contributed by atoms with E-state index in [1.165, 1.54) is 12.1 Å². The van der Waals surface area contributed by atoms with E-state index < -0.39 is 17.4 Å². The highest BCUT2D eigenvalue weighted by Crippen LogP contribution is 2.34. The molecule has 0 spiro atoms. The fourth-order valence-corrected chi connectivity index (χ4v) is 2.60. The molecule has 2 aromatic heterocycles. The molecule has 0 fully saturated rings. The average Bonchev–Trinajstić information content (AvgIpc) is 2.75. The molecule has 0 unspecified atom stereocenters. The highest BCUT2D eigenvalue weighted by molar-refractivity contribution is 5.82. The minimum Gasteiger partial charge on any atom is -0.423 e. The van der Waals surface area contributed by atoms with Gasteiger partial charge < -0.3 is 8.98 Å². The van der Waals surface area contributed by atoms with Gasteiger partial charge in [-0.1, -0.05) is 0 Å². The van der Waals surface area contributed by atoms with Gasteiger partial charge in [-0.3, -0.25) is 0 Å². The summed E-state index contributed by atoms with van der Waals surface area (Å²) in [6.07, 6.45) is -4.60. The van der Waals surface area contributed by atoms with Crippen LogP contribution in [-0.2, 0) is 6.18 Å². The molecule has 0 atom stereocenters. The van der Waals surface area contributed by atoms with Crippen LogP contribution < -0.4 is 5.63 Å². The summed E-state index contributed by atoms with van der Waals surface area (Å²) in [4.78, 5) is 11.4. The predicted octanol–water partition coefficient (Wildman–Crippen LogP) is 4.22. The summed E-state index contributed by atoms with van der Waals surface area (Å²) in [6, 6.07) is 8.65. The standard InChI is InChI=1S/C16H12F3NO2/c1-9-3-4-10(2)20(9)11-5-6-12-13(16(17,18)19)8-15(21)22-14(12)7-11/h3-8H,1-2H3. The molecule has 0 amide bonds. The van der Waals surface area contributed by atoms with Crippen molar-refractivity contribution < 1.29 is 17.6 Å². The zero-order chi connectivity index (χ0) is 16.1. The zero-order valence-electron chi connectivity index (χ0n) is 11.9. The van der Waals surface area contributed by atoms with Gasteiger partial charge in [-0.25, -0.2) is 4.79 Å². The lowest BCUT2D eigenvalue weighted by Gasteiger charge is -2.12. The zero-order valence-corrected chi connectivity index (χ0v) is 11.9. The summed E-state index contributed by atoms with van der Waals surface area (Å²) < 4.78 is 45.9. The molecule has 0 N–H and O–H groups in total. The molecule has 22 heavy (non-hydrogen) atoms. The third-order valence-corrected chi connectivity index (χ3v) is 3.56. The van der Waals surface area contributed by atoms with Crippen LogP contribution in [0.1, 0.15) is 17.0 Å². The molecular weight excluding hydrogens is 295 g/mol. The fraction of sp³-hybridized carbons (Fsp3) is 0.188. The number of alkyl halides is 3. The summed E-state index contributed by atoms with van der Waals surface area (Å²) in [5.74, 6) is 0. The van der Waals surface area contributed by atoms with Gasteiger partial charge in [-0.2, -0.15) is 13.2 Å². The van der Waals surface area contributed by atoms with Gasteiger partial charge >= 0.3 is 11.8 Å². The van der Waals surface area contributed by atoms with Gasteiger partial charge in [0.15, 0.2) is 0 Å². The lowest BCUT2D eigenvalue weighted by atomic mass is 10.1. The first-order valence-corrected chi connectivity index (χ1v) is 6.58. The number of hydrogen-bond donors (Lipinski definition) is 0. The van der Waals surface area contributed by atoms with Crippen molar-refractivity contribution in [2.75, 3.05) is 0 Å². The molecule has 3 rings (SSSR count). The second-order valence-electron chi connectivity index (χ2n) is 5.11. The molecule has 0 aliphatic heterocycles. The van der Waals surface area contributed by atoms with E-state index in [4.69, 9.17) is 4.42 Å². The van der Waals surface area contributed by atoms with Crippen LogP contribution in [0.2, 0.25) is 0 Å². The van der Waals surface area contributed by atoms with Gasteiger partial charge in [-0.05, 0) is 38.1 Å². The van der Waals surface area contributed by atoms with Crippen molar-refractivity contribution in [1.29, 1.82) is 0 Å². The normalized spacial score (nSPS) is 12.0. The predicted molar refractivity (Wildman–Crippen MR) is 76.3 cm³/mol. The van der Waals surface area contributed by atoms with E-state index in [2.05, 4.69) is 0 Å². The van der Waals surface area contributed by atoms with Gasteiger partial charge in [0.05, 0.1) is 5.56 Å². The highest BCUT2D eigenvalue weighted by Gasteiger charge is 2.33. The van der Waals surface area contributed by atoms with Crippen LogP contribution >= 0.6 is 0 Å². The molecule has 3 aromatic rings. The largest absolute Gasteiger partial charge is 0.423 e. The molecule has 0 saturated heterocycles. The third-order valence-electron chi connectivity index (χ3n) is 3.56. The summed E-state index contributed by atoms with van der Waals surface area (Å²) in [5.41, 5.74) is 0.446. The molecule has 0 radical (unpaired) electrons. The molecule has 114 valence electrons. The van der Waals surface area contributed by atoms with Gasteiger partial charge in [0, 0.05) is 34.6 Å². The molecule has 2 heterocycles. The number of fused-ring (bicyclic) bond motifs is 1. The number of aromatic nitrogens is 1. The van der Waals surface area contributed by atoms with Crippen LogP contribution in [0.25, 0.3) is 16.7 Å². The van der Waals surface area contributed by atoms with Crippen molar-refractivity contribution in [3.63, 3.8) is 0 Å². The molecule has 0 aliphatic carbocycles. The topological polar surface area (TPSA) is 35.1 Å². The van der Waals surface area contributed by atoms with Crippen LogP contribution in [0.4, 0.5) is 13.2 Å². The van der Waals surface area contributed by atoms with E-state index in [0.717, 1.165) is 11.4 Å². The first-order chi connectivity index (χ1) is 10.3. The molecule has 1 aromatic carbocycles.